The molecule has 0 bridgehead atoms. The van der Waals surface area contributed by atoms with Gasteiger partial charge in [0.05, 0.1) is 5.69 Å². The molecule has 0 aliphatic carbocycles. The number of nitrogens with zero attached hydrogens (tertiary/aromatic N) is 3. The van der Waals surface area contributed by atoms with Crippen LogP contribution in [0.3, 0.4) is 0 Å². The summed E-state index contributed by atoms with van der Waals surface area (Å²) >= 11 is 0. The first-order valence-corrected chi connectivity index (χ1v) is 11.3. The molecular formula is C26H30N4O2. The van der Waals surface area contributed by atoms with Crippen LogP contribution in [-0.2, 0) is 11.2 Å². The number of benzene rings is 2. The van der Waals surface area contributed by atoms with Crippen molar-refractivity contribution in [3.8, 4) is 17.0 Å². The fourth-order valence-corrected chi connectivity index (χ4v) is 3.89. The molecule has 1 amide bonds. The van der Waals surface area contributed by atoms with Crippen LogP contribution in [0.2, 0.25) is 0 Å². The number of aromatic nitrogens is 2. The Bertz CT molecular complexity index is 1030. The minimum Gasteiger partial charge on any atom is -0.483 e. The highest BCUT2D eigenvalue weighted by molar-refractivity contribution is 5.92. The van der Waals surface area contributed by atoms with Gasteiger partial charge >= 0.3 is 0 Å². The molecule has 4 rings (SSSR count). The predicted octanol–water partition coefficient (Wildman–Crippen LogP) is 4.96. The molecule has 1 aromatic heterocycles. The zero-order valence-electron chi connectivity index (χ0n) is 18.8. The van der Waals surface area contributed by atoms with Crippen LogP contribution in [0.15, 0.2) is 60.7 Å². The van der Waals surface area contributed by atoms with Crippen molar-refractivity contribution >= 4 is 17.4 Å². The summed E-state index contributed by atoms with van der Waals surface area (Å²) in [6, 6.07) is 19.4. The van der Waals surface area contributed by atoms with Crippen LogP contribution < -0.4 is 15.0 Å². The second kappa shape index (κ2) is 10.3. The van der Waals surface area contributed by atoms with Crippen molar-refractivity contribution in [2.45, 2.75) is 33.1 Å². The molecular weight excluding hydrogens is 400 g/mol. The van der Waals surface area contributed by atoms with Gasteiger partial charge in [-0.1, -0.05) is 44.2 Å². The number of hydrogen-bond donors (Lipinski definition) is 1. The van der Waals surface area contributed by atoms with Gasteiger partial charge in [-0.05, 0) is 61.1 Å². The van der Waals surface area contributed by atoms with Gasteiger partial charge in [0, 0.05) is 24.3 Å². The molecule has 3 aromatic rings. The predicted molar refractivity (Wildman–Crippen MR) is 128 cm³/mol. The summed E-state index contributed by atoms with van der Waals surface area (Å²) in [5, 5.41) is 11.7. The van der Waals surface area contributed by atoms with Crippen LogP contribution in [0.4, 0.5) is 11.5 Å². The second-order valence-electron chi connectivity index (χ2n) is 8.32. The Morgan fingerprint density at radius 1 is 1.03 bits per heavy atom. The Balaban J connectivity index is 1.32. The summed E-state index contributed by atoms with van der Waals surface area (Å²) in [5.74, 6) is 2.29. The maximum absolute atomic E-state index is 12.3. The lowest BCUT2D eigenvalue weighted by Gasteiger charge is -2.30. The monoisotopic (exact) mass is 430 g/mol. The lowest BCUT2D eigenvalue weighted by atomic mass is 9.99. The topological polar surface area (TPSA) is 67.3 Å². The minimum absolute atomic E-state index is 0.0268. The Morgan fingerprint density at radius 2 is 1.78 bits per heavy atom. The maximum Gasteiger partial charge on any atom is 0.262 e. The number of piperidine rings is 1. The lowest BCUT2D eigenvalue weighted by Crippen LogP contribution is -2.33. The van der Waals surface area contributed by atoms with Gasteiger partial charge < -0.3 is 15.0 Å². The minimum atomic E-state index is -0.191. The summed E-state index contributed by atoms with van der Waals surface area (Å²) in [6.45, 7) is 6.42. The Kier molecular flexibility index (Phi) is 7.00. The summed E-state index contributed by atoms with van der Waals surface area (Å²) in [4.78, 5) is 14.6. The van der Waals surface area contributed by atoms with Gasteiger partial charge in [0.25, 0.3) is 5.91 Å². The summed E-state index contributed by atoms with van der Waals surface area (Å²) in [7, 11) is 0. The molecule has 0 saturated carbocycles. The van der Waals surface area contributed by atoms with Crippen molar-refractivity contribution in [3.05, 3.63) is 66.2 Å². The first kappa shape index (κ1) is 21.8. The van der Waals surface area contributed by atoms with Crippen molar-refractivity contribution < 1.29 is 9.53 Å². The highest BCUT2D eigenvalue weighted by Gasteiger charge is 2.17. The van der Waals surface area contributed by atoms with Gasteiger partial charge in [0.15, 0.2) is 12.4 Å². The number of amides is 1. The molecule has 1 aliphatic heterocycles. The van der Waals surface area contributed by atoms with Crippen LogP contribution in [0.1, 0.15) is 32.3 Å². The SMILES string of the molecule is CCc1ccccc1OCC(=O)Nc1ccc(-c2ccc(N3CCC(C)CC3)nn2)cc1. The average molecular weight is 431 g/mol. The molecule has 2 heterocycles. The molecule has 0 unspecified atom stereocenters. The van der Waals surface area contributed by atoms with E-state index >= 15 is 0 Å². The van der Waals surface area contributed by atoms with Crippen molar-refractivity contribution in [1.82, 2.24) is 10.2 Å². The first-order valence-electron chi connectivity index (χ1n) is 11.3. The van der Waals surface area contributed by atoms with E-state index in [0.29, 0.717) is 0 Å². The summed E-state index contributed by atoms with van der Waals surface area (Å²) < 4.78 is 5.69. The smallest absolute Gasteiger partial charge is 0.262 e. The number of nitrogens with one attached hydrogen (secondary N) is 1. The summed E-state index contributed by atoms with van der Waals surface area (Å²) in [5.41, 5.74) is 3.59. The van der Waals surface area contributed by atoms with Crippen molar-refractivity contribution in [2.75, 3.05) is 29.9 Å². The van der Waals surface area contributed by atoms with E-state index < -0.39 is 0 Å². The van der Waals surface area contributed by atoms with Gasteiger partial charge in [-0.15, -0.1) is 10.2 Å². The van der Waals surface area contributed by atoms with Crippen LogP contribution in [0.25, 0.3) is 11.3 Å². The van der Waals surface area contributed by atoms with E-state index in [1.54, 1.807) is 0 Å². The number of rotatable bonds is 7. The maximum atomic E-state index is 12.3. The second-order valence-corrected chi connectivity index (χ2v) is 8.32. The van der Waals surface area contributed by atoms with Crippen LogP contribution in [0.5, 0.6) is 5.75 Å². The third kappa shape index (κ3) is 5.44. The number of anilines is 2. The van der Waals surface area contributed by atoms with Gasteiger partial charge in [-0.25, -0.2) is 0 Å². The van der Waals surface area contributed by atoms with E-state index in [1.165, 1.54) is 12.8 Å². The van der Waals surface area contributed by atoms with Crippen molar-refractivity contribution in [2.24, 2.45) is 5.92 Å². The zero-order chi connectivity index (χ0) is 22.3. The Labute approximate surface area is 189 Å². The lowest BCUT2D eigenvalue weighted by molar-refractivity contribution is -0.118. The normalized spacial score (nSPS) is 14.2. The number of carbonyl (C=O) groups is 1. The largest absolute Gasteiger partial charge is 0.483 e. The van der Waals surface area contributed by atoms with E-state index in [0.717, 1.165) is 59.5 Å². The van der Waals surface area contributed by atoms with Crippen LogP contribution in [-0.4, -0.2) is 35.8 Å². The Morgan fingerprint density at radius 3 is 2.47 bits per heavy atom. The van der Waals surface area contributed by atoms with Gasteiger partial charge in [0.2, 0.25) is 0 Å². The highest BCUT2D eigenvalue weighted by Crippen LogP contribution is 2.24. The quantitative estimate of drug-likeness (QED) is 0.574. The standard InChI is InChI=1S/C26H30N4O2/c1-3-20-6-4-5-7-24(20)32-18-26(31)27-22-10-8-21(9-11-22)23-12-13-25(29-28-23)30-16-14-19(2)15-17-30/h4-13,19H,3,14-18H2,1-2H3,(H,27,31). The molecule has 2 aromatic carbocycles. The fraction of sp³-hybridized carbons (Fsp3) is 0.346. The highest BCUT2D eigenvalue weighted by atomic mass is 16.5. The molecule has 0 spiro atoms. The number of para-hydroxylation sites is 1. The van der Waals surface area contributed by atoms with Crippen LogP contribution in [0, 0.1) is 5.92 Å². The van der Waals surface area contributed by atoms with E-state index in [-0.39, 0.29) is 12.5 Å². The molecule has 0 radical (unpaired) electrons. The average Bonchev–Trinajstić information content (AvgIpc) is 2.84. The molecule has 6 heteroatoms. The molecule has 32 heavy (non-hydrogen) atoms. The zero-order valence-corrected chi connectivity index (χ0v) is 18.8. The molecule has 1 aliphatic rings. The Hall–Kier alpha value is -3.41. The summed E-state index contributed by atoms with van der Waals surface area (Å²) in [6.07, 6.45) is 3.26. The van der Waals surface area contributed by atoms with E-state index in [4.69, 9.17) is 4.74 Å². The first-order chi connectivity index (χ1) is 15.6. The van der Waals surface area contributed by atoms with Gasteiger partial charge in [-0.2, -0.15) is 0 Å². The van der Waals surface area contributed by atoms with Gasteiger partial charge in [0.1, 0.15) is 5.75 Å². The molecule has 0 atom stereocenters. The van der Waals surface area contributed by atoms with Gasteiger partial charge in [-0.3, -0.25) is 4.79 Å². The fourth-order valence-electron chi connectivity index (χ4n) is 3.89. The number of hydrogen-bond acceptors (Lipinski definition) is 5. The number of carbonyl (C=O) groups excluding carboxylic acids is 1. The van der Waals surface area contributed by atoms with Crippen molar-refractivity contribution in [1.29, 1.82) is 0 Å². The molecule has 1 N–H and O–H groups in total. The molecule has 166 valence electrons. The number of aryl methyl sites for hydroxylation is 1. The van der Waals surface area contributed by atoms with Crippen LogP contribution >= 0.6 is 0 Å². The number of ether oxygens (including phenoxy) is 1. The third-order valence-electron chi connectivity index (χ3n) is 5.93. The van der Waals surface area contributed by atoms with E-state index in [9.17, 15) is 4.79 Å². The molecule has 6 nitrogen and oxygen atoms in total. The van der Waals surface area contributed by atoms with Crippen molar-refractivity contribution in [3.63, 3.8) is 0 Å². The van der Waals surface area contributed by atoms with E-state index in [2.05, 4.69) is 34.3 Å². The third-order valence-corrected chi connectivity index (χ3v) is 5.93. The van der Waals surface area contributed by atoms with E-state index in [1.807, 2.05) is 60.7 Å². The molecule has 1 fully saturated rings. The molecule has 1 saturated heterocycles.